The van der Waals surface area contributed by atoms with Gasteiger partial charge in [-0.1, -0.05) is 22.0 Å². The zero-order chi connectivity index (χ0) is 14.2. The van der Waals surface area contributed by atoms with E-state index >= 15 is 0 Å². The van der Waals surface area contributed by atoms with Crippen molar-refractivity contribution in [2.24, 2.45) is 5.92 Å². The Hall–Kier alpha value is -0.450. The Balaban J connectivity index is 1.72. The molecule has 1 N–H and O–H groups in total. The molecule has 1 aliphatic heterocycles. The van der Waals surface area contributed by atoms with Crippen molar-refractivity contribution in [3.63, 3.8) is 0 Å². The molecule has 2 fully saturated rings. The van der Waals surface area contributed by atoms with E-state index in [-0.39, 0.29) is 11.4 Å². The fraction of sp³-hybridized carbons (Fsp3) is 0.625. The van der Waals surface area contributed by atoms with Crippen LogP contribution in [-0.4, -0.2) is 30.1 Å². The lowest BCUT2D eigenvalue weighted by molar-refractivity contribution is 0.193. The third kappa shape index (κ3) is 3.23. The van der Waals surface area contributed by atoms with E-state index in [4.69, 9.17) is 0 Å². The van der Waals surface area contributed by atoms with Crippen LogP contribution in [0.5, 0.6) is 0 Å². The summed E-state index contributed by atoms with van der Waals surface area (Å²) in [7, 11) is 0. The number of hydrogen-bond acceptors (Lipinski definition) is 2. The molecule has 1 unspecified atom stereocenters. The average Bonchev–Trinajstić information content (AvgIpc) is 3.21. The van der Waals surface area contributed by atoms with Crippen molar-refractivity contribution in [1.82, 2.24) is 10.2 Å². The van der Waals surface area contributed by atoms with E-state index in [0.717, 1.165) is 42.0 Å². The SMILES string of the molecule is CC1(C2CC2)CN(Cc2ccc(Br)cc2F)CCCN1. The van der Waals surface area contributed by atoms with Crippen LogP contribution in [0.3, 0.4) is 0 Å². The summed E-state index contributed by atoms with van der Waals surface area (Å²) in [5.74, 6) is 0.697. The topological polar surface area (TPSA) is 15.3 Å². The first kappa shape index (κ1) is 14.5. The Morgan fingerprint density at radius 2 is 2.25 bits per heavy atom. The average molecular weight is 341 g/mol. The van der Waals surface area contributed by atoms with Crippen molar-refractivity contribution in [2.75, 3.05) is 19.6 Å². The summed E-state index contributed by atoms with van der Waals surface area (Å²) in [6.45, 7) is 6.19. The van der Waals surface area contributed by atoms with Gasteiger partial charge in [-0.2, -0.15) is 0 Å². The highest BCUT2D eigenvalue weighted by Gasteiger charge is 2.42. The molecule has 1 aromatic rings. The number of nitrogens with one attached hydrogen (secondary N) is 1. The van der Waals surface area contributed by atoms with Crippen molar-refractivity contribution >= 4 is 15.9 Å². The molecular weight excluding hydrogens is 319 g/mol. The van der Waals surface area contributed by atoms with Gasteiger partial charge in [-0.3, -0.25) is 4.90 Å². The van der Waals surface area contributed by atoms with E-state index in [1.165, 1.54) is 12.8 Å². The third-order valence-corrected chi connectivity index (χ3v) is 5.11. The lowest BCUT2D eigenvalue weighted by atomic mass is 9.95. The molecule has 1 aromatic carbocycles. The first-order valence-electron chi connectivity index (χ1n) is 7.48. The Labute approximate surface area is 128 Å². The molecule has 2 aliphatic rings. The van der Waals surface area contributed by atoms with Crippen molar-refractivity contribution in [2.45, 2.75) is 38.3 Å². The van der Waals surface area contributed by atoms with Gasteiger partial charge in [0.1, 0.15) is 5.82 Å². The Morgan fingerprint density at radius 3 is 2.95 bits per heavy atom. The lowest BCUT2D eigenvalue weighted by Gasteiger charge is -2.34. The van der Waals surface area contributed by atoms with Gasteiger partial charge in [0, 0.05) is 28.7 Å². The van der Waals surface area contributed by atoms with Gasteiger partial charge in [0.15, 0.2) is 0 Å². The van der Waals surface area contributed by atoms with E-state index in [1.807, 2.05) is 12.1 Å². The first-order chi connectivity index (χ1) is 9.57. The molecular formula is C16H22BrFN2. The van der Waals surface area contributed by atoms with Crippen molar-refractivity contribution in [3.8, 4) is 0 Å². The first-order valence-corrected chi connectivity index (χ1v) is 8.27. The summed E-state index contributed by atoms with van der Waals surface area (Å²) in [6, 6.07) is 5.38. The molecule has 0 radical (unpaired) electrons. The number of benzene rings is 1. The standard InChI is InChI=1S/C16H22BrFN2/c1-16(13-4-5-13)11-20(8-2-7-19-16)10-12-3-6-14(17)9-15(12)18/h3,6,9,13,19H,2,4-5,7-8,10-11H2,1H3. The molecule has 2 nitrogen and oxygen atoms in total. The van der Waals surface area contributed by atoms with Gasteiger partial charge < -0.3 is 5.32 Å². The van der Waals surface area contributed by atoms with Crippen LogP contribution in [0.25, 0.3) is 0 Å². The molecule has 1 saturated heterocycles. The van der Waals surface area contributed by atoms with Crippen LogP contribution in [0.2, 0.25) is 0 Å². The second kappa shape index (κ2) is 5.74. The van der Waals surface area contributed by atoms with Gasteiger partial charge in [-0.25, -0.2) is 4.39 Å². The second-order valence-electron chi connectivity index (χ2n) is 6.42. The van der Waals surface area contributed by atoms with Gasteiger partial charge in [0.25, 0.3) is 0 Å². The molecule has 0 amide bonds. The lowest BCUT2D eigenvalue weighted by Crippen LogP contribution is -2.50. The molecule has 1 heterocycles. The van der Waals surface area contributed by atoms with Gasteiger partial charge >= 0.3 is 0 Å². The molecule has 1 saturated carbocycles. The molecule has 0 spiro atoms. The van der Waals surface area contributed by atoms with Gasteiger partial charge in [-0.15, -0.1) is 0 Å². The summed E-state index contributed by atoms with van der Waals surface area (Å²) >= 11 is 3.32. The maximum Gasteiger partial charge on any atom is 0.128 e. The Morgan fingerprint density at radius 1 is 1.45 bits per heavy atom. The molecule has 1 atom stereocenters. The summed E-state index contributed by atoms with van der Waals surface area (Å²) in [4.78, 5) is 2.41. The van der Waals surface area contributed by atoms with E-state index in [0.29, 0.717) is 6.54 Å². The van der Waals surface area contributed by atoms with Crippen LogP contribution in [-0.2, 0) is 6.54 Å². The molecule has 110 valence electrons. The van der Waals surface area contributed by atoms with Crippen LogP contribution < -0.4 is 5.32 Å². The normalized spacial score (nSPS) is 28.4. The maximum atomic E-state index is 14.0. The predicted octanol–water partition coefficient (Wildman–Crippen LogP) is 3.55. The van der Waals surface area contributed by atoms with Crippen LogP contribution in [0.4, 0.5) is 4.39 Å². The summed E-state index contributed by atoms with van der Waals surface area (Å²) in [5, 5.41) is 3.72. The van der Waals surface area contributed by atoms with Gasteiger partial charge in [0.05, 0.1) is 0 Å². The number of rotatable bonds is 3. The molecule has 3 rings (SSSR count). The smallest absolute Gasteiger partial charge is 0.128 e. The number of nitrogens with zero attached hydrogens (tertiary/aromatic N) is 1. The fourth-order valence-electron chi connectivity index (χ4n) is 3.30. The van der Waals surface area contributed by atoms with E-state index in [2.05, 4.69) is 33.1 Å². The van der Waals surface area contributed by atoms with Crippen LogP contribution in [0, 0.1) is 11.7 Å². The monoisotopic (exact) mass is 340 g/mol. The highest BCUT2D eigenvalue weighted by atomic mass is 79.9. The molecule has 20 heavy (non-hydrogen) atoms. The van der Waals surface area contributed by atoms with Crippen molar-refractivity contribution in [3.05, 3.63) is 34.1 Å². The van der Waals surface area contributed by atoms with Gasteiger partial charge in [-0.05, 0) is 57.3 Å². The van der Waals surface area contributed by atoms with E-state index in [1.54, 1.807) is 6.07 Å². The summed E-state index contributed by atoms with van der Waals surface area (Å²) < 4.78 is 14.8. The summed E-state index contributed by atoms with van der Waals surface area (Å²) in [6.07, 6.45) is 3.81. The van der Waals surface area contributed by atoms with Crippen LogP contribution in [0.15, 0.2) is 22.7 Å². The summed E-state index contributed by atoms with van der Waals surface area (Å²) in [5.41, 5.74) is 1.01. The van der Waals surface area contributed by atoms with Crippen LogP contribution in [0.1, 0.15) is 31.7 Å². The quantitative estimate of drug-likeness (QED) is 0.905. The molecule has 0 aromatic heterocycles. The van der Waals surface area contributed by atoms with Crippen molar-refractivity contribution < 1.29 is 4.39 Å². The zero-order valence-corrected chi connectivity index (χ0v) is 13.5. The zero-order valence-electron chi connectivity index (χ0n) is 12.0. The second-order valence-corrected chi connectivity index (χ2v) is 7.33. The molecule has 4 heteroatoms. The predicted molar refractivity (Wildman–Crippen MR) is 83.1 cm³/mol. The fourth-order valence-corrected chi connectivity index (χ4v) is 3.63. The van der Waals surface area contributed by atoms with E-state index < -0.39 is 0 Å². The highest BCUT2D eigenvalue weighted by Crippen LogP contribution is 2.40. The Bertz CT molecular complexity index is 489. The third-order valence-electron chi connectivity index (χ3n) is 4.62. The molecule has 0 bridgehead atoms. The minimum atomic E-state index is -0.107. The Kier molecular flexibility index (Phi) is 4.16. The number of halogens is 2. The van der Waals surface area contributed by atoms with E-state index in [9.17, 15) is 4.39 Å². The van der Waals surface area contributed by atoms with Crippen LogP contribution >= 0.6 is 15.9 Å². The minimum absolute atomic E-state index is 0.107. The highest BCUT2D eigenvalue weighted by molar-refractivity contribution is 9.10. The van der Waals surface area contributed by atoms with Gasteiger partial charge in [0.2, 0.25) is 0 Å². The molecule has 1 aliphatic carbocycles. The largest absolute Gasteiger partial charge is 0.310 e. The maximum absolute atomic E-state index is 14.0. The number of hydrogen-bond donors (Lipinski definition) is 1. The van der Waals surface area contributed by atoms with Crippen molar-refractivity contribution in [1.29, 1.82) is 0 Å². The minimum Gasteiger partial charge on any atom is -0.310 e.